The van der Waals surface area contributed by atoms with Gasteiger partial charge in [-0.2, -0.15) is 0 Å². The van der Waals surface area contributed by atoms with E-state index in [1.807, 2.05) is 60.7 Å². The molecule has 4 aromatic carbocycles. The summed E-state index contributed by atoms with van der Waals surface area (Å²) >= 11 is 0. The highest BCUT2D eigenvalue weighted by atomic mass is 16.5. The molecule has 2 heterocycles. The largest absolute Gasteiger partial charge is 0.490 e. The van der Waals surface area contributed by atoms with Crippen molar-refractivity contribution in [2.24, 2.45) is 0 Å². The maximum atomic E-state index is 13.2. The zero-order valence-electron chi connectivity index (χ0n) is 30.5. The second-order valence-electron chi connectivity index (χ2n) is 12.7. The van der Waals surface area contributed by atoms with Crippen molar-refractivity contribution in [1.29, 1.82) is 0 Å². The highest BCUT2D eigenvalue weighted by Crippen LogP contribution is 2.34. The number of ether oxygens (including phenoxy) is 4. The topological polar surface area (TPSA) is 136 Å². The van der Waals surface area contributed by atoms with Crippen LogP contribution in [0.3, 0.4) is 0 Å². The standard InChI is InChI=1S/C42H42N4O8/c1-27-35(39(47)51-3)37(43-41(49)45(27)25-29-11-7-5-8-12-29)31-15-19-33(20-16-31)53-23-24-54-34-21-17-32(18-22-34)38-36(40(48)52-4)28(2)46(42(50)44-38)26-30-13-9-6-10-14-30/h5-22,37-38H,23-26H2,1-4H3,(H,43,49)(H,44,50). The third-order valence-electron chi connectivity index (χ3n) is 9.42. The predicted octanol–water partition coefficient (Wildman–Crippen LogP) is 6.57. The third-order valence-corrected chi connectivity index (χ3v) is 9.42. The number of esters is 2. The summed E-state index contributed by atoms with van der Waals surface area (Å²) in [4.78, 5) is 55.4. The third kappa shape index (κ3) is 8.23. The lowest BCUT2D eigenvalue weighted by atomic mass is 9.94. The number of amides is 4. The molecule has 12 heteroatoms. The number of hydrogen-bond donors (Lipinski definition) is 2. The minimum atomic E-state index is -0.699. The SMILES string of the molecule is COC(=O)C1=C(C)N(Cc2ccccc2)C(=O)NC1c1ccc(OCCOc2ccc(C3NC(=O)N(Cc4ccccc4)C(C)=C3C(=O)OC)cc2)cc1. The maximum Gasteiger partial charge on any atom is 0.337 e. The van der Waals surface area contributed by atoms with Gasteiger partial charge in [-0.3, -0.25) is 9.80 Å². The van der Waals surface area contributed by atoms with Gasteiger partial charge in [-0.15, -0.1) is 0 Å². The van der Waals surface area contributed by atoms with Gasteiger partial charge in [-0.05, 0) is 60.4 Å². The zero-order valence-corrected chi connectivity index (χ0v) is 30.5. The fourth-order valence-corrected chi connectivity index (χ4v) is 6.56. The number of carbonyl (C=O) groups is 4. The Kier molecular flexibility index (Phi) is 11.6. The summed E-state index contributed by atoms with van der Waals surface area (Å²) < 4.78 is 22.0. The molecule has 0 spiro atoms. The average molecular weight is 731 g/mol. The molecule has 12 nitrogen and oxygen atoms in total. The second kappa shape index (κ2) is 16.8. The van der Waals surface area contributed by atoms with Crippen molar-refractivity contribution in [1.82, 2.24) is 20.4 Å². The van der Waals surface area contributed by atoms with Gasteiger partial charge in [0.25, 0.3) is 0 Å². The van der Waals surface area contributed by atoms with Crippen LogP contribution in [0.2, 0.25) is 0 Å². The van der Waals surface area contributed by atoms with Gasteiger partial charge in [0, 0.05) is 11.4 Å². The minimum Gasteiger partial charge on any atom is -0.490 e. The molecule has 0 fully saturated rings. The molecule has 2 aliphatic heterocycles. The minimum absolute atomic E-state index is 0.243. The lowest BCUT2D eigenvalue weighted by molar-refractivity contribution is -0.137. The van der Waals surface area contributed by atoms with Crippen LogP contribution in [0.15, 0.2) is 132 Å². The zero-order chi connectivity index (χ0) is 38.2. The van der Waals surface area contributed by atoms with E-state index >= 15 is 0 Å². The van der Waals surface area contributed by atoms with Crippen LogP contribution < -0.4 is 20.1 Å². The number of methoxy groups -OCH3 is 2. The first-order valence-electron chi connectivity index (χ1n) is 17.5. The fraction of sp³-hybridized carbons (Fsp3) is 0.238. The van der Waals surface area contributed by atoms with Crippen molar-refractivity contribution in [2.45, 2.75) is 39.0 Å². The van der Waals surface area contributed by atoms with Gasteiger partial charge in [-0.25, -0.2) is 19.2 Å². The van der Waals surface area contributed by atoms with Crippen molar-refractivity contribution in [3.8, 4) is 11.5 Å². The number of benzene rings is 4. The summed E-state index contributed by atoms with van der Waals surface area (Å²) in [5.74, 6) is 0.117. The molecule has 0 saturated heterocycles. The van der Waals surface area contributed by atoms with E-state index in [9.17, 15) is 19.2 Å². The van der Waals surface area contributed by atoms with Crippen molar-refractivity contribution >= 4 is 24.0 Å². The van der Waals surface area contributed by atoms with E-state index in [1.165, 1.54) is 24.0 Å². The fourth-order valence-electron chi connectivity index (χ4n) is 6.56. The van der Waals surface area contributed by atoms with Gasteiger partial charge >= 0.3 is 24.0 Å². The Hall–Kier alpha value is -6.56. The number of urea groups is 2. The first-order valence-corrected chi connectivity index (χ1v) is 17.5. The molecule has 2 N–H and O–H groups in total. The quantitative estimate of drug-likeness (QED) is 0.117. The maximum absolute atomic E-state index is 13.2. The van der Waals surface area contributed by atoms with Gasteiger partial charge in [0.1, 0.15) is 24.7 Å². The van der Waals surface area contributed by atoms with Crippen LogP contribution in [0.25, 0.3) is 0 Å². The molecule has 2 atom stereocenters. The summed E-state index contributed by atoms with van der Waals surface area (Å²) in [6.45, 7) is 4.60. The Morgan fingerprint density at radius 2 is 0.907 bits per heavy atom. The monoisotopic (exact) mass is 730 g/mol. The molecule has 4 amide bonds. The van der Waals surface area contributed by atoms with Crippen LogP contribution in [0, 0.1) is 0 Å². The van der Waals surface area contributed by atoms with Crippen molar-refractivity contribution in [3.05, 3.63) is 154 Å². The van der Waals surface area contributed by atoms with Crippen LogP contribution in [0.4, 0.5) is 9.59 Å². The summed E-state index contributed by atoms with van der Waals surface area (Å²) in [6, 6.07) is 31.3. The van der Waals surface area contributed by atoms with E-state index in [0.717, 1.165) is 11.1 Å². The first kappa shape index (κ1) is 37.2. The lowest BCUT2D eigenvalue weighted by Crippen LogP contribution is -2.47. The highest BCUT2D eigenvalue weighted by Gasteiger charge is 2.37. The number of allylic oxidation sites excluding steroid dienone is 2. The number of hydrogen-bond acceptors (Lipinski definition) is 8. The van der Waals surface area contributed by atoms with Crippen LogP contribution in [0.5, 0.6) is 11.5 Å². The van der Waals surface area contributed by atoms with E-state index in [0.29, 0.717) is 58.3 Å². The summed E-state index contributed by atoms with van der Waals surface area (Å²) in [5.41, 5.74) is 5.01. The van der Waals surface area contributed by atoms with Gasteiger partial charge in [0.05, 0.1) is 50.5 Å². The number of nitrogens with zero attached hydrogens (tertiary/aromatic N) is 2. The first-order chi connectivity index (χ1) is 26.2. The van der Waals surface area contributed by atoms with Crippen LogP contribution >= 0.6 is 0 Å². The molecule has 0 aromatic heterocycles. The van der Waals surface area contributed by atoms with E-state index in [1.54, 1.807) is 62.4 Å². The Bertz CT molecular complexity index is 1900. The molecule has 6 rings (SSSR count). The number of carbonyl (C=O) groups excluding carboxylic acids is 4. The summed E-state index contributed by atoms with van der Waals surface area (Å²) in [7, 11) is 2.64. The van der Waals surface area contributed by atoms with Crippen molar-refractivity contribution < 1.29 is 38.1 Å². The van der Waals surface area contributed by atoms with Crippen LogP contribution in [-0.2, 0) is 32.2 Å². The van der Waals surface area contributed by atoms with Crippen LogP contribution in [-0.4, -0.2) is 61.2 Å². The average Bonchev–Trinajstić information content (AvgIpc) is 3.20. The lowest BCUT2D eigenvalue weighted by Gasteiger charge is -2.35. The van der Waals surface area contributed by atoms with Gasteiger partial charge < -0.3 is 29.6 Å². The van der Waals surface area contributed by atoms with Crippen molar-refractivity contribution in [2.75, 3.05) is 27.4 Å². The van der Waals surface area contributed by atoms with Crippen LogP contribution in [0.1, 0.15) is 48.2 Å². The molecule has 4 aromatic rings. The van der Waals surface area contributed by atoms with Gasteiger partial charge in [0.15, 0.2) is 0 Å². The van der Waals surface area contributed by atoms with Gasteiger partial charge in [0.2, 0.25) is 0 Å². The molecule has 54 heavy (non-hydrogen) atoms. The molecule has 278 valence electrons. The smallest absolute Gasteiger partial charge is 0.337 e. The van der Waals surface area contributed by atoms with Crippen molar-refractivity contribution in [3.63, 3.8) is 0 Å². The normalized spacial score (nSPS) is 17.1. The summed E-state index contributed by atoms with van der Waals surface area (Å²) in [6.07, 6.45) is 0. The number of nitrogens with one attached hydrogen (secondary N) is 2. The molecule has 0 aliphatic carbocycles. The molecule has 2 aliphatic rings. The number of rotatable bonds is 13. The summed E-state index contributed by atoms with van der Waals surface area (Å²) in [5, 5.41) is 5.92. The Labute approximate surface area is 314 Å². The Balaban J connectivity index is 1.06. The Morgan fingerprint density at radius 3 is 1.24 bits per heavy atom. The highest BCUT2D eigenvalue weighted by molar-refractivity contribution is 5.95. The molecule has 0 bridgehead atoms. The Morgan fingerprint density at radius 1 is 0.556 bits per heavy atom. The van der Waals surface area contributed by atoms with Gasteiger partial charge in [-0.1, -0.05) is 84.9 Å². The van der Waals surface area contributed by atoms with E-state index in [4.69, 9.17) is 18.9 Å². The molecular weight excluding hydrogens is 688 g/mol. The van der Waals surface area contributed by atoms with E-state index < -0.39 is 24.0 Å². The van der Waals surface area contributed by atoms with E-state index in [-0.39, 0.29) is 25.3 Å². The van der Waals surface area contributed by atoms with E-state index in [2.05, 4.69) is 10.6 Å². The predicted molar refractivity (Wildman–Crippen MR) is 200 cm³/mol. The molecular formula is C42H42N4O8. The molecule has 2 unspecified atom stereocenters. The molecule has 0 radical (unpaired) electrons. The molecule has 0 saturated carbocycles. The second-order valence-corrected chi connectivity index (χ2v) is 12.7.